The van der Waals surface area contributed by atoms with Crippen molar-refractivity contribution in [1.82, 2.24) is 15.1 Å². The Balaban J connectivity index is 2.06. The minimum Gasteiger partial charge on any atom is -0.316 e. The number of hydrogen-bond donors (Lipinski definition) is 1. The second kappa shape index (κ2) is 5.44. The Labute approximate surface area is 109 Å². The molecule has 2 rings (SSSR count). The average molecular weight is 269 g/mol. The molecular weight excluding hydrogens is 255 g/mol. The highest BCUT2D eigenvalue weighted by Gasteiger charge is 2.33. The number of rotatable bonds is 4. The molecule has 0 saturated heterocycles. The van der Waals surface area contributed by atoms with Crippen LogP contribution in [0.25, 0.3) is 0 Å². The molecule has 1 heterocycles. The van der Waals surface area contributed by atoms with Crippen LogP contribution < -0.4 is 5.32 Å². The highest BCUT2D eigenvalue weighted by Crippen LogP contribution is 2.27. The monoisotopic (exact) mass is 269 g/mol. The van der Waals surface area contributed by atoms with Crippen molar-refractivity contribution in [1.29, 1.82) is 0 Å². The van der Waals surface area contributed by atoms with Crippen molar-refractivity contribution in [3.8, 4) is 0 Å². The topological polar surface area (TPSA) is 29.9 Å². The first-order valence-corrected chi connectivity index (χ1v) is 5.82. The highest BCUT2D eigenvalue weighted by atomic mass is 19.4. The van der Waals surface area contributed by atoms with E-state index in [1.807, 2.05) is 31.3 Å². The fraction of sp³-hybridized carbons (Fsp3) is 0.308. The minimum atomic E-state index is -4.39. The molecule has 6 heteroatoms. The molecule has 0 unspecified atom stereocenters. The van der Waals surface area contributed by atoms with Crippen LogP contribution >= 0.6 is 0 Å². The number of nitrogens with zero attached hydrogens (tertiary/aromatic N) is 2. The molecule has 1 N–H and O–H groups in total. The van der Waals surface area contributed by atoms with Crippen molar-refractivity contribution >= 4 is 0 Å². The molecular formula is C13H14F3N3. The Morgan fingerprint density at radius 3 is 2.26 bits per heavy atom. The van der Waals surface area contributed by atoms with Crippen molar-refractivity contribution < 1.29 is 13.2 Å². The van der Waals surface area contributed by atoms with Gasteiger partial charge in [-0.25, -0.2) is 0 Å². The van der Waals surface area contributed by atoms with Crippen LogP contribution in [0.4, 0.5) is 13.2 Å². The molecule has 0 aliphatic rings. The zero-order chi connectivity index (χ0) is 13.9. The smallest absolute Gasteiger partial charge is 0.316 e. The number of hydrogen-bond acceptors (Lipinski definition) is 2. The van der Waals surface area contributed by atoms with E-state index in [4.69, 9.17) is 0 Å². The van der Waals surface area contributed by atoms with Crippen LogP contribution in [-0.2, 0) is 19.3 Å². The van der Waals surface area contributed by atoms with E-state index in [9.17, 15) is 13.2 Å². The second-order valence-corrected chi connectivity index (χ2v) is 4.24. The maximum atomic E-state index is 12.4. The number of benzene rings is 1. The number of nitrogens with one attached hydrogen (secondary N) is 1. The first kappa shape index (κ1) is 13.6. The molecule has 0 amide bonds. The fourth-order valence-electron chi connectivity index (χ4n) is 1.75. The Morgan fingerprint density at radius 2 is 1.74 bits per heavy atom. The van der Waals surface area contributed by atoms with Crippen LogP contribution in [0, 0.1) is 0 Å². The Hall–Kier alpha value is -1.82. The molecule has 1 aromatic carbocycles. The standard InChI is InChI=1S/C13H14F3N3/c1-17-8-10-2-4-11(5-3-10)9-19-7-6-12(18-19)13(14,15)16/h2-7,17H,8-9H2,1H3. The molecule has 0 fully saturated rings. The molecule has 0 radical (unpaired) electrons. The summed E-state index contributed by atoms with van der Waals surface area (Å²) in [5.41, 5.74) is 1.18. The van der Waals surface area contributed by atoms with Gasteiger partial charge in [0, 0.05) is 12.7 Å². The normalized spacial score (nSPS) is 11.8. The third kappa shape index (κ3) is 3.57. The van der Waals surface area contributed by atoms with E-state index in [0.29, 0.717) is 6.54 Å². The van der Waals surface area contributed by atoms with Crippen molar-refractivity contribution in [3.63, 3.8) is 0 Å². The predicted molar refractivity (Wildman–Crippen MR) is 65.5 cm³/mol. The van der Waals surface area contributed by atoms with Gasteiger partial charge in [0.2, 0.25) is 0 Å². The first-order chi connectivity index (χ1) is 8.99. The fourth-order valence-corrected chi connectivity index (χ4v) is 1.75. The highest BCUT2D eigenvalue weighted by molar-refractivity contribution is 5.22. The molecule has 0 aliphatic heterocycles. The van der Waals surface area contributed by atoms with Crippen molar-refractivity contribution in [3.05, 3.63) is 53.3 Å². The summed E-state index contributed by atoms with van der Waals surface area (Å²) in [6.45, 7) is 1.09. The summed E-state index contributed by atoms with van der Waals surface area (Å²) in [6.07, 6.45) is -3.05. The van der Waals surface area contributed by atoms with Crippen molar-refractivity contribution in [2.45, 2.75) is 19.3 Å². The molecule has 3 nitrogen and oxygen atoms in total. The maximum Gasteiger partial charge on any atom is 0.435 e. The Morgan fingerprint density at radius 1 is 1.11 bits per heavy atom. The minimum absolute atomic E-state index is 0.329. The first-order valence-electron chi connectivity index (χ1n) is 5.82. The molecule has 0 saturated carbocycles. The van der Waals surface area contributed by atoms with Crippen LogP contribution in [0.15, 0.2) is 36.5 Å². The predicted octanol–water partition coefficient (Wildman–Crippen LogP) is 2.67. The lowest BCUT2D eigenvalue weighted by atomic mass is 10.1. The van der Waals surface area contributed by atoms with Gasteiger partial charge in [0.1, 0.15) is 0 Å². The van der Waals surface area contributed by atoms with Crippen LogP contribution in [0.2, 0.25) is 0 Å². The van der Waals surface area contributed by atoms with Crippen LogP contribution in [0.5, 0.6) is 0 Å². The molecule has 0 spiro atoms. The van der Waals surface area contributed by atoms with E-state index in [-0.39, 0.29) is 0 Å². The van der Waals surface area contributed by atoms with E-state index in [1.165, 1.54) is 10.9 Å². The SMILES string of the molecule is CNCc1ccc(Cn2ccc(C(F)(F)F)n2)cc1. The zero-order valence-corrected chi connectivity index (χ0v) is 10.4. The quantitative estimate of drug-likeness (QED) is 0.924. The maximum absolute atomic E-state index is 12.4. The summed E-state index contributed by atoms with van der Waals surface area (Å²) >= 11 is 0. The largest absolute Gasteiger partial charge is 0.435 e. The molecule has 0 aliphatic carbocycles. The number of aromatic nitrogens is 2. The lowest BCUT2D eigenvalue weighted by Gasteiger charge is -2.05. The molecule has 0 atom stereocenters. The van der Waals surface area contributed by atoms with Gasteiger partial charge in [-0.2, -0.15) is 18.3 Å². The van der Waals surface area contributed by atoms with Gasteiger partial charge in [-0.15, -0.1) is 0 Å². The van der Waals surface area contributed by atoms with Gasteiger partial charge < -0.3 is 5.32 Å². The van der Waals surface area contributed by atoms with E-state index in [0.717, 1.165) is 23.7 Å². The van der Waals surface area contributed by atoms with Crippen molar-refractivity contribution in [2.75, 3.05) is 7.05 Å². The Bertz CT molecular complexity index is 529. The van der Waals surface area contributed by atoms with Crippen LogP contribution in [0.3, 0.4) is 0 Å². The summed E-state index contributed by atoms with van der Waals surface area (Å²) in [6, 6.07) is 8.65. The average Bonchev–Trinajstić information content (AvgIpc) is 2.80. The molecule has 102 valence electrons. The Kier molecular flexibility index (Phi) is 3.90. The van der Waals surface area contributed by atoms with Gasteiger partial charge in [-0.05, 0) is 24.2 Å². The second-order valence-electron chi connectivity index (χ2n) is 4.24. The lowest BCUT2D eigenvalue weighted by molar-refractivity contribution is -0.141. The van der Waals surface area contributed by atoms with E-state index >= 15 is 0 Å². The van der Waals surface area contributed by atoms with Crippen LogP contribution in [-0.4, -0.2) is 16.8 Å². The van der Waals surface area contributed by atoms with Crippen molar-refractivity contribution in [2.24, 2.45) is 0 Å². The van der Waals surface area contributed by atoms with Gasteiger partial charge in [0.05, 0.1) is 6.54 Å². The number of alkyl halides is 3. The van der Waals surface area contributed by atoms with E-state index in [2.05, 4.69) is 10.4 Å². The summed E-state index contributed by atoms with van der Waals surface area (Å²) in [7, 11) is 1.86. The third-order valence-electron chi connectivity index (χ3n) is 2.68. The molecule has 19 heavy (non-hydrogen) atoms. The lowest BCUT2D eigenvalue weighted by Crippen LogP contribution is -2.08. The summed E-state index contributed by atoms with van der Waals surface area (Å²) < 4.78 is 38.5. The van der Waals surface area contributed by atoms with Gasteiger partial charge in [0.15, 0.2) is 5.69 Å². The zero-order valence-electron chi connectivity index (χ0n) is 10.4. The van der Waals surface area contributed by atoms with Gasteiger partial charge in [-0.1, -0.05) is 24.3 Å². The van der Waals surface area contributed by atoms with E-state index < -0.39 is 11.9 Å². The summed E-state index contributed by atoms with van der Waals surface area (Å²) in [4.78, 5) is 0. The van der Waals surface area contributed by atoms with Gasteiger partial charge in [-0.3, -0.25) is 4.68 Å². The van der Waals surface area contributed by atoms with Gasteiger partial charge in [0.25, 0.3) is 0 Å². The van der Waals surface area contributed by atoms with Crippen LogP contribution in [0.1, 0.15) is 16.8 Å². The summed E-state index contributed by atoms with van der Waals surface area (Å²) in [5.74, 6) is 0. The van der Waals surface area contributed by atoms with E-state index in [1.54, 1.807) is 0 Å². The van der Waals surface area contributed by atoms with Gasteiger partial charge >= 0.3 is 6.18 Å². The summed E-state index contributed by atoms with van der Waals surface area (Å²) in [5, 5.41) is 6.55. The third-order valence-corrected chi connectivity index (χ3v) is 2.68. The molecule has 2 aromatic rings. The molecule has 1 aromatic heterocycles. The number of halogens is 3. The molecule has 0 bridgehead atoms.